The molecule has 0 aliphatic heterocycles. The topological polar surface area (TPSA) is 32.3 Å². The number of nitrogens with zero attached hydrogens (tertiary/aromatic N) is 1. The number of amides is 1. The number of carbonyl (C=O) groups excluding carboxylic acids is 1. The summed E-state index contributed by atoms with van der Waals surface area (Å²) in [6, 6.07) is 12.4. The lowest BCUT2D eigenvalue weighted by Crippen LogP contribution is -2.33. The van der Waals surface area contributed by atoms with Crippen molar-refractivity contribution in [2.75, 3.05) is 23.3 Å². The van der Waals surface area contributed by atoms with Crippen LogP contribution in [-0.4, -0.2) is 19.0 Å². The van der Waals surface area contributed by atoms with Crippen molar-refractivity contribution in [3.8, 4) is 0 Å². The predicted molar refractivity (Wildman–Crippen MR) is 79.3 cm³/mol. The highest BCUT2D eigenvalue weighted by molar-refractivity contribution is 5.94. The van der Waals surface area contributed by atoms with E-state index >= 15 is 0 Å². The molecule has 0 atom stereocenters. The van der Waals surface area contributed by atoms with Crippen LogP contribution in [0.2, 0.25) is 0 Å². The summed E-state index contributed by atoms with van der Waals surface area (Å²) < 4.78 is 26.5. The summed E-state index contributed by atoms with van der Waals surface area (Å²) in [5.74, 6) is -1.65. The van der Waals surface area contributed by atoms with Crippen LogP contribution in [0.3, 0.4) is 0 Å². The minimum atomic E-state index is -0.660. The molecule has 0 aliphatic carbocycles. The molecule has 0 heterocycles. The van der Waals surface area contributed by atoms with E-state index in [2.05, 4.69) is 5.32 Å². The number of anilines is 2. The van der Waals surface area contributed by atoms with Gasteiger partial charge in [0.05, 0.1) is 12.2 Å². The van der Waals surface area contributed by atoms with E-state index in [9.17, 15) is 13.6 Å². The van der Waals surface area contributed by atoms with Gasteiger partial charge in [-0.1, -0.05) is 18.2 Å². The molecule has 3 nitrogen and oxygen atoms in total. The number of hydrogen-bond donors (Lipinski definition) is 1. The van der Waals surface area contributed by atoms with E-state index in [-0.39, 0.29) is 12.2 Å². The van der Waals surface area contributed by atoms with Gasteiger partial charge in [0.1, 0.15) is 11.6 Å². The van der Waals surface area contributed by atoms with Crippen molar-refractivity contribution >= 4 is 17.3 Å². The first-order valence-electron chi connectivity index (χ1n) is 6.65. The molecule has 0 spiro atoms. The number of rotatable bonds is 5. The third-order valence-corrected chi connectivity index (χ3v) is 3.04. The SMILES string of the molecule is CCN(CC(=O)Nc1cc(F)ccc1F)c1ccccc1. The molecule has 0 unspecified atom stereocenters. The van der Waals surface area contributed by atoms with Gasteiger partial charge >= 0.3 is 0 Å². The van der Waals surface area contributed by atoms with E-state index in [0.717, 1.165) is 23.9 Å². The van der Waals surface area contributed by atoms with E-state index in [1.54, 1.807) is 0 Å². The smallest absolute Gasteiger partial charge is 0.243 e. The third-order valence-electron chi connectivity index (χ3n) is 3.04. The van der Waals surface area contributed by atoms with Crippen LogP contribution < -0.4 is 10.2 Å². The molecule has 2 aromatic carbocycles. The van der Waals surface area contributed by atoms with Gasteiger partial charge in [0.25, 0.3) is 0 Å². The van der Waals surface area contributed by atoms with Gasteiger partial charge in [-0.15, -0.1) is 0 Å². The van der Waals surface area contributed by atoms with Gasteiger partial charge in [0.15, 0.2) is 0 Å². The Morgan fingerprint density at radius 1 is 1.14 bits per heavy atom. The molecule has 2 aromatic rings. The van der Waals surface area contributed by atoms with Gasteiger partial charge in [-0.25, -0.2) is 8.78 Å². The fourth-order valence-corrected chi connectivity index (χ4v) is 1.98. The van der Waals surface area contributed by atoms with Crippen molar-refractivity contribution in [2.45, 2.75) is 6.92 Å². The van der Waals surface area contributed by atoms with Crippen LogP contribution in [0, 0.1) is 11.6 Å². The van der Waals surface area contributed by atoms with Gasteiger partial charge in [0, 0.05) is 18.3 Å². The minimum absolute atomic E-state index is 0.0659. The maximum atomic E-state index is 13.5. The van der Waals surface area contributed by atoms with Crippen LogP contribution in [-0.2, 0) is 4.79 Å². The molecule has 0 radical (unpaired) electrons. The number of benzene rings is 2. The van der Waals surface area contributed by atoms with Gasteiger partial charge in [0.2, 0.25) is 5.91 Å². The van der Waals surface area contributed by atoms with Crippen LogP contribution in [0.5, 0.6) is 0 Å². The Balaban J connectivity index is 2.05. The van der Waals surface area contributed by atoms with Crippen LogP contribution in [0.25, 0.3) is 0 Å². The largest absolute Gasteiger partial charge is 0.362 e. The van der Waals surface area contributed by atoms with Gasteiger partial charge in [-0.3, -0.25) is 4.79 Å². The molecule has 0 saturated carbocycles. The summed E-state index contributed by atoms with van der Waals surface area (Å²) in [6.45, 7) is 2.61. The highest BCUT2D eigenvalue weighted by Gasteiger charge is 2.12. The predicted octanol–water partition coefficient (Wildman–Crippen LogP) is 3.43. The second-order valence-electron chi connectivity index (χ2n) is 4.52. The Hall–Kier alpha value is -2.43. The van der Waals surface area contributed by atoms with Crippen LogP contribution >= 0.6 is 0 Å². The van der Waals surface area contributed by atoms with Crippen molar-refractivity contribution < 1.29 is 13.6 Å². The molecular weight excluding hydrogens is 274 g/mol. The molecule has 1 amide bonds. The normalized spacial score (nSPS) is 10.2. The van der Waals surface area contributed by atoms with Gasteiger partial charge in [-0.2, -0.15) is 0 Å². The molecule has 0 aliphatic rings. The zero-order chi connectivity index (χ0) is 15.2. The molecule has 21 heavy (non-hydrogen) atoms. The van der Waals surface area contributed by atoms with Crippen LogP contribution in [0.4, 0.5) is 20.2 Å². The van der Waals surface area contributed by atoms with Crippen molar-refractivity contribution in [3.05, 3.63) is 60.2 Å². The summed E-state index contributed by atoms with van der Waals surface area (Å²) in [5.41, 5.74) is 0.749. The highest BCUT2D eigenvalue weighted by atomic mass is 19.1. The average molecular weight is 290 g/mol. The summed E-state index contributed by atoms with van der Waals surface area (Å²) in [4.78, 5) is 13.8. The highest BCUT2D eigenvalue weighted by Crippen LogP contribution is 2.16. The quantitative estimate of drug-likeness (QED) is 0.915. The van der Waals surface area contributed by atoms with Crippen LogP contribution in [0.1, 0.15) is 6.92 Å². The lowest BCUT2D eigenvalue weighted by Gasteiger charge is -2.22. The van der Waals surface area contributed by atoms with Gasteiger partial charge < -0.3 is 10.2 Å². The Morgan fingerprint density at radius 3 is 2.52 bits per heavy atom. The van der Waals surface area contributed by atoms with E-state index < -0.39 is 17.5 Å². The molecular formula is C16H16F2N2O. The number of nitrogens with one attached hydrogen (secondary N) is 1. The van der Waals surface area contributed by atoms with E-state index in [1.165, 1.54) is 0 Å². The Bertz CT molecular complexity index is 617. The molecule has 0 bridgehead atoms. The van der Waals surface area contributed by atoms with E-state index in [1.807, 2.05) is 42.2 Å². The Morgan fingerprint density at radius 2 is 1.86 bits per heavy atom. The summed E-state index contributed by atoms with van der Waals surface area (Å²) in [6.07, 6.45) is 0. The first-order valence-corrected chi connectivity index (χ1v) is 6.65. The third kappa shape index (κ3) is 4.02. The van der Waals surface area contributed by atoms with Crippen LogP contribution in [0.15, 0.2) is 48.5 Å². The second kappa shape index (κ2) is 6.83. The molecule has 0 aromatic heterocycles. The zero-order valence-electron chi connectivity index (χ0n) is 11.6. The van der Waals surface area contributed by atoms with Crippen molar-refractivity contribution in [1.82, 2.24) is 0 Å². The van der Waals surface area contributed by atoms with E-state index in [0.29, 0.717) is 6.54 Å². The number of halogens is 2. The maximum Gasteiger partial charge on any atom is 0.243 e. The first-order chi connectivity index (χ1) is 10.1. The number of para-hydroxylation sites is 1. The standard InChI is InChI=1S/C16H16F2N2O/c1-2-20(13-6-4-3-5-7-13)11-16(21)19-15-10-12(17)8-9-14(15)18/h3-10H,2,11H2,1H3,(H,19,21). The number of likely N-dealkylation sites (N-methyl/N-ethyl adjacent to an activating group) is 1. The van der Waals surface area contributed by atoms with Gasteiger partial charge in [-0.05, 0) is 31.2 Å². The van der Waals surface area contributed by atoms with Crippen molar-refractivity contribution in [1.29, 1.82) is 0 Å². The molecule has 0 fully saturated rings. The fourth-order valence-electron chi connectivity index (χ4n) is 1.98. The molecule has 5 heteroatoms. The maximum absolute atomic E-state index is 13.5. The lowest BCUT2D eigenvalue weighted by molar-refractivity contribution is -0.115. The second-order valence-corrected chi connectivity index (χ2v) is 4.52. The van der Waals surface area contributed by atoms with Crippen molar-refractivity contribution in [3.63, 3.8) is 0 Å². The summed E-state index contributed by atoms with van der Waals surface area (Å²) >= 11 is 0. The molecule has 1 N–H and O–H groups in total. The van der Waals surface area contributed by atoms with E-state index in [4.69, 9.17) is 0 Å². The Kier molecular flexibility index (Phi) is 4.87. The Labute approximate surface area is 122 Å². The summed E-state index contributed by atoms with van der Waals surface area (Å²) in [5, 5.41) is 2.39. The molecule has 2 rings (SSSR count). The number of carbonyl (C=O) groups is 1. The number of hydrogen-bond acceptors (Lipinski definition) is 2. The molecule has 0 saturated heterocycles. The lowest BCUT2D eigenvalue weighted by atomic mass is 10.2. The fraction of sp³-hybridized carbons (Fsp3) is 0.188. The molecule has 110 valence electrons. The summed E-state index contributed by atoms with van der Waals surface area (Å²) in [7, 11) is 0. The monoisotopic (exact) mass is 290 g/mol. The zero-order valence-corrected chi connectivity index (χ0v) is 11.6. The average Bonchev–Trinajstić information content (AvgIpc) is 2.49. The first kappa shape index (κ1) is 15.0. The van der Waals surface area contributed by atoms with Crippen molar-refractivity contribution in [2.24, 2.45) is 0 Å². The minimum Gasteiger partial charge on any atom is -0.362 e.